The molecule has 3 aromatic carbocycles. The zero-order valence-corrected chi connectivity index (χ0v) is 23.7. The van der Waals surface area contributed by atoms with Gasteiger partial charge in [0.2, 0.25) is 5.91 Å². The van der Waals surface area contributed by atoms with E-state index in [1.807, 2.05) is 68.4 Å². The van der Waals surface area contributed by atoms with Gasteiger partial charge in [0.1, 0.15) is 24.2 Å². The number of amides is 3. The van der Waals surface area contributed by atoms with Gasteiger partial charge in [-0.05, 0) is 68.7 Å². The third-order valence-electron chi connectivity index (χ3n) is 5.99. The molecule has 0 radical (unpaired) electrons. The third kappa shape index (κ3) is 7.74. The lowest BCUT2D eigenvalue weighted by molar-refractivity contribution is -0.139. The molecule has 2 atom stereocenters. The second-order valence-electron chi connectivity index (χ2n) is 10.3. The minimum atomic E-state index is -1.15. The molecule has 0 spiro atoms. The lowest BCUT2D eigenvalue weighted by atomic mass is 9.96. The van der Waals surface area contributed by atoms with Gasteiger partial charge in [-0.1, -0.05) is 54.1 Å². The number of thiol groups is 1. The average Bonchev–Trinajstić information content (AvgIpc) is 2.86. The Labute approximate surface area is 234 Å². The Morgan fingerprint density at radius 3 is 2.33 bits per heavy atom. The van der Waals surface area contributed by atoms with Gasteiger partial charge in [-0.15, -0.1) is 0 Å². The van der Waals surface area contributed by atoms with E-state index in [2.05, 4.69) is 23.3 Å². The van der Waals surface area contributed by atoms with Gasteiger partial charge in [0.05, 0.1) is 6.07 Å². The van der Waals surface area contributed by atoms with Crippen LogP contribution in [0.2, 0.25) is 0 Å². The molecule has 0 aromatic heterocycles. The molecule has 0 aliphatic carbocycles. The van der Waals surface area contributed by atoms with Crippen LogP contribution in [0, 0.1) is 25.2 Å². The number of ether oxygens (including phenoxy) is 1. The maximum Gasteiger partial charge on any atom is 0.408 e. The number of rotatable bonds is 8. The van der Waals surface area contributed by atoms with Crippen molar-refractivity contribution in [1.29, 1.82) is 5.26 Å². The largest absolute Gasteiger partial charge is 0.444 e. The van der Waals surface area contributed by atoms with E-state index in [4.69, 9.17) is 4.74 Å². The van der Waals surface area contributed by atoms with Crippen molar-refractivity contribution in [1.82, 2.24) is 10.2 Å². The Hall–Kier alpha value is -4.03. The fourth-order valence-corrected chi connectivity index (χ4v) is 4.52. The smallest absolute Gasteiger partial charge is 0.408 e. The number of nitrogens with one attached hydrogen (secondary N) is 2. The number of carbonyl (C=O) groups excluding carboxylic acids is 3. The van der Waals surface area contributed by atoms with Crippen LogP contribution in [-0.4, -0.2) is 46.7 Å². The molecule has 3 amide bonds. The molecule has 0 aliphatic heterocycles. The highest BCUT2D eigenvalue weighted by Gasteiger charge is 2.36. The van der Waals surface area contributed by atoms with Gasteiger partial charge in [-0.2, -0.15) is 17.9 Å². The number of alkyl carbamates (subject to hydrolysis) is 1. The van der Waals surface area contributed by atoms with Crippen LogP contribution in [0.15, 0.2) is 60.7 Å². The average molecular weight is 547 g/mol. The Kier molecular flexibility index (Phi) is 9.60. The van der Waals surface area contributed by atoms with Gasteiger partial charge in [0.25, 0.3) is 5.91 Å². The molecule has 8 nitrogen and oxygen atoms in total. The highest BCUT2D eigenvalue weighted by atomic mass is 32.1. The Balaban J connectivity index is 2.01. The van der Waals surface area contributed by atoms with E-state index in [-0.39, 0.29) is 12.3 Å². The fraction of sp³-hybridized carbons (Fsp3) is 0.333. The van der Waals surface area contributed by atoms with Gasteiger partial charge >= 0.3 is 6.09 Å². The molecule has 0 saturated heterocycles. The molecule has 2 unspecified atom stereocenters. The second-order valence-corrected chi connectivity index (χ2v) is 10.7. The lowest BCUT2D eigenvalue weighted by Crippen LogP contribution is -2.53. The molecule has 0 fully saturated rings. The molecular weight excluding hydrogens is 512 g/mol. The van der Waals surface area contributed by atoms with Crippen LogP contribution in [0.3, 0.4) is 0 Å². The van der Waals surface area contributed by atoms with E-state index < -0.39 is 35.6 Å². The minimum Gasteiger partial charge on any atom is -0.444 e. The summed E-state index contributed by atoms with van der Waals surface area (Å²) in [6.45, 7) is 8.52. The van der Waals surface area contributed by atoms with Crippen molar-refractivity contribution >= 4 is 47.0 Å². The van der Waals surface area contributed by atoms with E-state index in [9.17, 15) is 19.6 Å². The maximum atomic E-state index is 13.9. The van der Waals surface area contributed by atoms with Crippen molar-refractivity contribution < 1.29 is 19.1 Å². The third-order valence-corrected chi connectivity index (χ3v) is 6.36. The topological polar surface area (TPSA) is 112 Å². The summed E-state index contributed by atoms with van der Waals surface area (Å²) in [7, 11) is 0. The van der Waals surface area contributed by atoms with Crippen LogP contribution >= 0.6 is 12.6 Å². The van der Waals surface area contributed by atoms with Crippen LogP contribution in [0.25, 0.3) is 10.8 Å². The predicted molar refractivity (Wildman–Crippen MR) is 156 cm³/mol. The zero-order valence-electron chi connectivity index (χ0n) is 22.8. The molecule has 3 rings (SSSR count). The van der Waals surface area contributed by atoms with Crippen molar-refractivity contribution in [3.05, 3.63) is 77.4 Å². The predicted octanol–water partition coefficient (Wildman–Crippen LogP) is 5.31. The standard InChI is InChI=1S/C30H34N4O4S/c1-19-10-13-24(20(2)16-19)26(27(35)32-23-12-11-21-8-6-7-9-22(21)17-23)34(15-14-31)28(36)25(18-39)33-29(37)38-30(3,4)5/h6-13,16-17,25-26,39H,15,18H2,1-5H3,(H,32,35)(H,33,37). The number of benzene rings is 3. The van der Waals surface area contributed by atoms with Crippen molar-refractivity contribution in [2.45, 2.75) is 52.3 Å². The van der Waals surface area contributed by atoms with Crippen LogP contribution in [0.4, 0.5) is 10.5 Å². The van der Waals surface area contributed by atoms with Crippen LogP contribution in [-0.2, 0) is 14.3 Å². The lowest BCUT2D eigenvalue weighted by Gasteiger charge is -2.33. The van der Waals surface area contributed by atoms with Crippen molar-refractivity contribution in [3.8, 4) is 6.07 Å². The zero-order chi connectivity index (χ0) is 28.7. The van der Waals surface area contributed by atoms with E-state index in [1.54, 1.807) is 32.9 Å². The molecule has 204 valence electrons. The minimum absolute atomic E-state index is 0.0636. The maximum absolute atomic E-state index is 13.9. The summed E-state index contributed by atoms with van der Waals surface area (Å²) in [6, 6.07) is 18.6. The van der Waals surface area contributed by atoms with Crippen molar-refractivity contribution in [2.75, 3.05) is 17.6 Å². The SMILES string of the molecule is Cc1ccc(C(C(=O)Nc2ccc3ccccc3c2)N(CC#N)C(=O)C(CS)NC(=O)OC(C)(C)C)c(C)c1. The molecule has 39 heavy (non-hydrogen) atoms. The molecule has 2 N–H and O–H groups in total. The monoisotopic (exact) mass is 546 g/mol. The number of aryl methyl sites for hydroxylation is 2. The van der Waals surface area contributed by atoms with Crippen molar-refractivity contribution in [2.24, 2.45) is 0 Å². The Morgan fingerprint density at radius 1 is 1.03 bits per heavy atom. The number of nitrogens with zero attached hydrogens (tertiary/aromatic N) is 2. The van der Waals surface area contributed by atoms with Gasteiger partial charge in [-0.3, -0.25) is 9.59 Å². The Bertz CT molecular complexity index is 1410. The summed E-state index contributed by atoms with van der Waals surface area (Å²) in [6.07, 6.45) is -0.796. The molecule has 0 heterocycles. The number of hydrogen-bond acceptors (Lipinski definition) is 6. The number of hydrogen-bond donors (Lipinski definition) is 3. The normalized spacial score (nSPS) is 12.6. The fourth-order valence-electron chi connectivity index (χ4n) is 4.27. The first-order valence-electron chi connectivity index (χ1n) is 12.6. The summed E-state index contributed by atoms with van der Waals surface area (Å²) in [5, 5.41) is 17.1. The number of fused-ring (bicyclic) bond motifs is 1. The van der Waals surface area contributed by atoms with Crippen molar-refractivity contribution in [3.63, 3.8) is 0 Å². The first-order valence-corrected chi connectivity index (χ1v) is 13.2. The molecular formula is C30H34N4O4S. The van der Waals surface area contributed by atoms with Crippen LogP contribution in [0.5, 0.6) is 0 Å². The van der Waals surface area contributed by atoms with Gasteiger partial charge in [-0.25, -0.2) is 4.79 Å². The Morgan fingerprint density at radius 2 is 1.72 bits per heavy atom. The summed E-state index contributed by atoms with van der Waals surface area (Å²) in [5.74, 6) is -1.18. The summed E-state index contributed by atoms with van der Waals surface area (Å²) < 4.78 is 5.30. The van der Waals surface area contributed by atoms with E-state index in [0.717, 1.165) is 21.9 Å². The van der Waals surface area contributed by atoms with Gasteiger partial charge < -0.3 is 20.3 Å². The van der Waals surface area contributed by atoms with Crippen LogP contribution in [0.1, 0.15) is 43.5 Å². The highest BCUT2D eigenvalue weighted by molar-refractivity contribution is 7.80. The summed E-state index contributed by atoms with van der Waals surface area (Å²) in [5.41, 5.74) is 2.12. The number of anilines is 1. The second kappa shape index (κ2) is 12.7. The molecule has 0 bridgehead atoms. The van der Waals surface area contributed by atoms with Gasteiger partial charge in [0, 0.05) is 11.4 Å². The number of carbonyl (C=O) groups is 3. The summed E-state index contributed by atoms with van der Waals surface area (Å²) in [4.78, 5) is 41.3. The van der Waals surface area contributed by atoms with Gasteiger partial charge in [0.15, 0.2) is 0 Å². The molecule has 0 saturated carbocycles. The quantitative estimate of drug-likeness (QED) is 0.262. The van der Waals surface area contributed by atoms with E-state index >= 15 is 0 Å². The van der Waals surface area contributed by atoms with E-state index in [1.165, 1.54) is 4.90 Å². The molecule has 9 heteroatoms. The first-order chi connectivity index (χ1) is 18.4. The molecule has 0 aliphatic rings. The summed E-state index contributed by atoms with van der Waals surface area (Å²) >= 11 is 4.26. The van der Waals surface area contributed by atoms with E-state index in [0.29, 0.717) is 11.3 Å². The highest BCUT2D eigenvalue weighted by Crippen LogP contribution is 2.28. The molecule has 3 aromatic rings. The number of nitriles is 1. The first kappa shape index (κ1) is 29.5. The van der Waals surface area contributed by atoms with Crippen LogP contribution < -0.4 is 10.6 Å².